The van der Waals surface area contributed by atoms with Crippen molar-refractivity contribution in [1.82, 2.24) is 9.55 Å². The van der Waals surface area contributed by atoms with Gasteiger partial charge in [0.2, 0.25) is 0 Å². The maximum atomic E-state index is 8.98. The Hall–Kier alpha value is -0.830. The molecule has 14 heavy (non-hydrogen) atoms. The maximum Gasteiger partial charge on any atom is 0.0955 e. The fraction of sp³-hybridized carbons (Fsp3) is 0.727. The number of rotatable bonds is 3. The van der Waals surface area contributed by atoms with Crippen LogP contribution in [-0.4, -0.2) is 14.7 Å². The predicted molar refractivity (Wildman–Crippen MR) is 52.7 cm³/mol. The van der Waals surface area contributed by atoms with Crippen LogP contribution >= 0.6 is 0 Å². The first-order valence-corrected chi connectivity index (χ1v) is 5.34. The van der Waals surface area contributed by atoms with Gasteiger partial charge in [0, 0.05) is 6.20 Å². The fourth-order valence-corrected chi connectivity index (χ4v) is 2.62. The number of imidazole rings is 1. The highest BCUT2D eigenvalue weighted by Gasteiger charge is 2.63. The van der Waals surface area contributed by atoms with Gasteiger partial charge in [0.05, 0.1) is 24.2 Å². The van der Waals surface area contributed by atoms with Crippen molar-refractivity contribution < 1.29 is 5.11 Å². The number of hydrogen-bond donors (Lipinski definition) is 1. The second kappa shape index (κ2) is 2.40. The second-order valence-corrected chi connectivity index (χ2v) is 5.02. The molecular formula is C11H16N2O. The summed E-state index contributed by atoms with van der Waals surface area (Å²) in [7, 11) is 0. The van der Waals surface area contributed by atoms with Gasteiger partial charge in [0.15, 0.2) is 0 Å². The number of aromatic nitrogens is 2. The van der Waals surface area contributed by atoms with Gasteiger partial charge in [-0.15, -0.1) is 0 Å². The van der Waals surface area contributed by atoms with Gasteiger partial charge in [0.1, 0.15) is 0 Å². The van der Waals surface area contributed by atoms with Gasteiger partial charge in [-0.3, -0.25) is 0 Å². The molecule has 2 fully saturated rings. The van der Waals surface area contributed by atoms with E-state index >= 15 is 0 Å². The van der Waals surface area contributed by atoms with Crippen molar-refractivity contribution in [3.05, 3.63) is 18.2 Å². The summed E-state index contributed by atoms with van der Waals surface area (Å²) in [6, 6.07) is 0. The Morgan fingerprint density at radius 1 is 1.43 bits per heavy atom. The lowest BCUT2D eigenvalue weighted by Crippen LogP contribution is -2.25. The SMILES string of the molecule is CC1(C2(n3cnc(CO)c3)CC2)CC1. The van der Waals surface area contributed by atoms with Crippen LogP contribution in [0.4, 0.5) is 0 Å². The summed E-state index contributed by atoms with van der Waals surface area (Å²) >= 11 is 0. The second-order valence-electron chi connectivity index (χ2n) is 5.02. The minimum absolute atomic E-state index is 0.0554. The molecule has 0 aromatic carbocycles. The molecule has 0 radical (unpaired) electrons. The van der Waals surface area contributed by atoms with E-state index in [1.165, 1.54) is 25.7 Å². The lowest BCUT2D eigenvalue weighted by molar-refractivity contribution is 0.275. The lowest BCUT2D eigenvalue weighted by Gasteiger charge is -2.24. The highest BCUT2D eigenvalue weighted by molar-refractivity contribution is 5.18. The van der Waals surface area contributed by atoms with E-state index in [1.54, 1.807) is 0 Å². The average Bonchev–Trinajstić information content (AvgIpc) is 3.08. The first-order chi connectivity index (χ1) is 6.70. The first kappa shape index (κ1) is 8.48. The Labute approximate surface area is 83.8 Å². The van der Waals surface area contributed by atoms with Gasteiger partial charge >= 0.3 is 0 Å². The monoisotopic (exact) mass is 192 g/mol. The van der Waals surface area contributed by atoms with Crippen LogP contribution in [-0.2, 0) is 12.1 Å². The van der Waals surface area contributed by atoms with Crippen LogP contribution in [0.5, 0.6) is 0 Å². The molecule has 0 aliphatic heterocycles. The molecule has 1 aromatic heterocycles. The van der Waals surface area contributed by atoms with E-state index in [-0.39, 0.29) is 6.61 Å². The van der Waals surface area contributed by atoms with Gasteiger partial charge in [-0.25, -0.2) is 4.98 Å². The number of hydrogen-bond acceptors (Lipinski definition) is 2. The van der Waals surface area contributed by atoms with E-state index in [0.29, 0.717) is 11.0 Å². The first-order valence-electron chi connectivity index (χ1n) is 5.34. The van der Waals surface area contributed by atoms with Crippen molar-refractivity contribution in [3.63, 3.8) is 0 Å². The van der Waals surface area contributed by atoms with E-state index in [2.05, 4.69) is 16.5 Å². The Kier molecular flexibility index (Phi) is 1.45. The molecule has 0 atom stereocenters. The van der Waals surface area contributed by atoms with Crippen molar-refractivity contribution in [2.24, 2.45) is 5.41 Å². The minimum Gasteiger partial charge on any atom is -0.390 e. The summed E-state index contributed by atoms with van der Waals surface area (Å²) in [6.45, 7) is 2.43. The molecule has 3 rings (SSSR count). The summed E-state index contributed by atoms with van der Waals surface area (Å²) in [6.07, 6.45) is 9.16. The third-order valence-electron chi connectivity index (χ3n) is 4.14. The van der Waals surface area contributed by atoms with Crippen molar-refractivity contribution in [2.45, 2.75) is 44.8 Å². The largest absolute Gasteiger partial charge is 0.390 e. The molecule has 76 valence electrons. The summed E-state index contributed by atoms with van der Waals surface area (Å²) in [5.41, 5.74) is 1.66. The molecule has 2 saturated carbocycles. The van der Waals surface area contributed by atoms with Gasteiger partial charge in [-0.2, -0.15) is 0 Å². The molecule has 3 heteroatoms. The van der Waals surface area contributed by atoms with Crippen LogP contribution < -0.4 is 0 Å². The van der Waals surface area contributed by atoms with E-state index in [0.717, 1.165) is 5.69 Å². The van der Waals surface area contributed by atoms with Crippen LogP contribution in [0.2, 0.25) is 0 Å². The molecule has 0 spiro atoms. The van der Waals surface area contributed by atoms with Crippen molar-refractivity contribution in [3.8, 4) is 0 Å². The Balaban J connectivity index is 1.94. The van der Waals surface area contributed by atoms with Crippen LogP contribution in [0.25, 0.3) is 0 Å². The van der Waals surface area contributed by atoms with E-state index in [1.807, 2.05) is 12.5 Å². The minimum atomic E-state index is 0.0554. The van der Waals surface area contributed by atoms with Crippen LogP contribution in [0.1, 0.15) is 38.3 Å². The van der Waals surface area contributed by atoms with E-state index < -0.39 is 0 Å². The normalized spacial score (nSPS) is 26.1. The molecule has 0 amide bonds. The van der Waals surface area contributed by atoms with Crippen molar-refractivity contribution in [1.29, 1.82) is 0 Å². The summed E-state index contributed by atoms with van der Waals surface area (Å²) in [5.74, 6) is 0. The molecule has 1 aromatic rings. The Morgan fingerprint density at radius 2 is 2.14 bits per heavy atom. The predicted octanol–water partition coefficient (Wildman–Crippen LogP) is 1.66. The number of aliphatic hydroxyl groups is 1. The maximum absolute atomic E-state index is 8.98. The molecule has 3 nitrogen and oxygen atoms in total. The smallest absolute Gasteiger partial charge is 0.0955 e. The number of aliphatic hydroxyl groups excluding tert-OH is 1. The zero-order valence-corrected chi connectivity index (χ0v) is 8.53. The zero-order valence-electron chi connectivity index (χ0n) is 8.53. The topological polar surface area (TPSA) is 38.0 Å². The average molecular weight is 192 g/mol. The molecular weight excluding hydrogens is 176 g/mol. The quantitative estimate of drug-likeness (QED) is 0.791. The summed E-state index contributed by atoms with van der Waals surface area (Å²) in [5, 5.41) is 8.98. The highest BCUT2D eigenvalue weighted by atomic mass is 16.3. The molecule has 1 N–H and O–H groups in total. The molecule has 2 aliphatic carbocycles. The third kappa shape index (κ3) is 0.934. The molecule has 1 heterocycles. The molecule has 2 aliphatic rings. The zero-order chi connectivity index (χ0) is 9.81. The Bertz CT molecular complexity index is 361. The van der Waals surface area contributed by atoms with Gasteiger partial charge < -0.3 is 9.67 Å². The van der Waals surface area contributed by atoms with E-state index in [9.17, 15) is 0 Å². The molecule has 0 bridgehead atoms. The lowest BCUT2D eigenvalue weighted by atomic mass is 9.96. The van der Waals surface area contributed by atoms with Crippen LogP contribution in [0.15, 0.2) is 12.5 Å². The van der Waals surface area contributed by atoms with Gasteiger partial charge in [-0.05, 0) is 31.1 Å². The summed E-state index contributed by atoms with van der Waals surface area (Å²) in [4.78, 5) is 4.20. The standard InChI is InChI=1S/C11H16N2O/c1-10(2-3-10)11(4-5-11)13-6-9(7-14)12-8-13/h6,8,14H,2-5,7H2,1H3. The molecule has 0 saturated heterocycles. The van der Waals surface area contributed by atoms with Gasteiger partial charge in [0.25, 0.3) is 0 Å². The highest BCUT2D eigenvalue weighted by Crippen LogP contribution is 2.68. The Morgan fingerprint density at radius 3 is 2.57 bits per heavy atom. The molecule has 0 unspecified atom stereocenters. The number of nitrogens with zero attached hydrogens (tertiary/aromatic N) is 2. The summed E-state index contributed by atoms with van der Waals surface area (Å²) < 4.78 is 2.24. The third-order valence-corrected chi connectivity index (χ3v) is 4.14. The van der Waals surface area contributed by atoms with Crippen molar-refractivity contribution in [2.75, 3.05) is 0 Å². The fourth-order valence-electron chi connectivity index (χ4n) is 2.62. The van der Waals surface area contributed by atoms with Gasteiger partial charge in [-0.1, -0.05) is 6.92 Å². The van der Waals surface area contributed by atoms with Crippen LogP contribution in [0.3, 0.4) is 0 Å². The van der Waals surface area contributed by atoms with Crippen molar-refractivity contribution >= 4 is 0 Å². The van der Waals surface area contributed by atoms with E-state index in [4.69, 9.17) is 5.11 Å². The van der Waals surface area contributed by atoms with Crippen LogP contribution in [0, 0.1) is 5.41 Å².